The normalized spacial score (nSPS) is 16.8. The van der Waals surface area contributed by atoms with Crippen LogP contribution in [0.1, 0.15) is 39.2 Å². The summed E-state index contributed by atoms with van der Waals surface area (Å²) < 4.78 is 0. The Morgan fingerprint density at radius 3 is 2.38 bits per heavy atom. The second-order valence-corrected chi connectivity index (χ2v) is 5.96. The first kappa shape index (κ1) is 11.4. The molecule has 2 nitrogen and oxygen atoms in total. The van der Waals surface area contributed by atoms with Crippen LogP contribution in [0.15, 0.2) is 18.3 Å². The van der Waals surface area contributed by atoms with Crippen LogP contribution in [0.4, 0.5) is 5.82 Å². The van der Waals surface area contributed by atoms with Gasteiger partial charge in [0.05, 0.1) is 0 Å². The lowest BCUT2D eigenvalue weighted by Gasteiger charge is -2.19. The molecule has 1 aromatic heterocycles. The summed E-state index contributed by atoms with van der Waals surface area (Å²) in [5.74, 6) is 1.15. The average Bonchev–Trinajstić information content (AvgIpc) is 2.69. The van der Waals surface area contributed by atoms with E-state index in [-0.39, 0.29) is 0 Å². The second-order valence-electron chi connectivity index (χ2n) is 5.96. The molecule has 0 atom stereocenters. The summed E-state index contributed by atoms with van der Waals surface area (Å²) in [4.78, 5) is 6.95. The lowest BCUT2D eigenvalue weighted by atomic mass is 9.89. The molecule has 2 heteroatoms. The van der Waals surface area contributed by atoms with E-state index in [0.29, 0.717) is 5.41 Å². The average molecular weight is 218 g/mol. The molecule has 1 fully saturated rings. The van der Waals surface area contributed by atoms with Gasteiger partial charge in [-0.25, -0.2) is 4.98 Å². The molecule has 0 amide bonds. The summed E-state index contributed by atoms with van der Waals surface area (Å²) >= 11 is 0. The van der Waals surface area contributed by atoms with Gasteiger partial charge in [-0.05, 0) is 36.3 Å². The maximum atomic E-state index is 4.57. The summed E-state index contributed by atoms with van der Waals surface area (Å²) in [5, 5.41) is 0. The SMILES string of the molecule is CC(C)(C)Cc1ccc(N2CCCC2)nc1. The van der Waals surface area contributed by atoms with Crippen LogP contribution < -0.4 is 4.90 Å². The minimum absolute atomic E-state index is 0.344. The van der Waals surface area contributed by atoms with Crippen molar-refractivity contribution in [2.75, 3.05) is 18.0 Å². The van der Waals surface area contributed by atoms with E-state index in [9.17, 15) is 0 Å². The van der Waals surface area contributed by atoms with Crippen LogP contribution in [0, 0.1) is 5.41 Å². The van der Waals surface area contributed by atoms with Gasteiger partial charge in [0.25, 0.3) is 0 Å². The van der Waals surface area contributed by atoms with Crippen LogP contribution in [0.5, 0.6) is 0 Å². The van der Waals surface area contributed by atoms with E-state index in [0.717, 1.165) is 12.2 Å². The summed E-state index contributed by atoms with van der Waals surface area (Å²) in [5.41, 5.74) is 1.69. The van der Waals surface area contributed by atoms with Gasteiger partial charge in [-0.2, -0.15) is 0 Å². The van der Waals surface area contributed by atoms with E-state index >= 15 is 0 Å². The maximum Gasteiger partial charge on any atom is 0.128 e. The lowest BCUT2D eigenvalue weighted by molar-refractivity contribution is 0.411. The zero-order chi connectivity index (χ0) is 11.6. The van der Waals surface area contributed by atoms with Crippen molar-refractivity contribution in [2.45, 2.75) is 40.0 Å². The molecule has 0 saturated carbocycles. The van der Waals surface area contributed by atoms with Gasteiger partial charge in [-0.3, -0.25) is 0 Å². The lowest BCUT2D eigenvalue weighted by Crippen LogP contribution is -2.19. The Balaban J connectivity index is 2.04. The Morgan fingerprint density at radius 1 is 1.19 bits per heavy atom. The van der Waals surface area contributed by atoms with Crippen LogP contribution in [-0.2, 0) is 6.42 Å². The number of nitrogens with zero attached hydrogens (tertiary/aromatic N) is 2. The van der Waals surface area contributed by atoms with Gasteiger partial charge in [0.2, 0.25) is 0 Å². The first-order valence-electron chi connectivity index (χ1n) is 6.24. The Labute approximate surface area is 98.7 Å². The molecule has 0 radical (unpaired) electrons. The fraction of sp³-hybridized carbons (Fsp3) is 0.643. The quantitative estimate of drug-likeness (QED) is 0.757. The third-order valence-electron chi connectivity index (χ3n) is 2.97. The largest absolute Gasteiger partial charge is 0.357 e. The number of pyridine rings is 1. The molecule has 1 aliphatic rings. The fourth-order valence-corrected chi connectivity index (χ4v) is 2.27. The van der Waals surface area contributed by atoms with Gasteiger partial charge in [-0.1, -0.05) is 26.8 Å². The molecule has 0 spiro atoms. The molecule has 1 aromatic rings. The van der Waals surface area contributed by atoms with Crippen molar-refractivity contribution in [1.29, 1.82) is 0 Å². The van der Waals surface area contributed by atoms with Crippen molar-refractivity contribution in [3.63, 3.8) is 0 Å². The van der Waals surface area contributed by atoms with Gasteiger partial charge in [-0.15, -0.1) is 0 Å². The van der Waals surface area contributed by atoms with Gasteiger partial charge < -0.3 is 4.90 Å². The first-order valence-corrected chi connectivity index (χ1v) is 6.24. The predicted octanol–water partition coefficient (Wildman–Crippen LogP) is 3.27. The molecule has 0 aliphatic carbocycles. The van der Waals surface area contributed by atoms with Crippen LogP contribution >= 0.6 is 0 Å². The van der Waals surface area contributed by atoms with Crippen molar-refractivity contribution in [3.05, 3.63) is 23.9 Å². The van der Waals surface area contributed by atoms with Crippen LogP contribution in [0.25, 0.3) is 0 Å². The first-order chi connectivity index (χ1) is 7.54. The van der Waals surface area contributed by atoms with Crippen molar-refractivity contribution in [1.82, 2.24) is 4.98 Å². The molecular weight excluding hydrogens is 196 g/mol. The number of hydrogen-bond acceptors (Lipinski definition) is 2. The minimum Gasteiger partial charge on any atom is -0.357 e. The van der Waals surface area contributed by atoms with E-state index < -0.39 is 0 Å². The van der Waals surface area contributed by atoms with Crippen LogP contribution in [-0.4, -0.2) is 18.1 Å². The van der Waals surface area contributed by atoms with Gasteiger partial charge in [0.1, 0.15) is 5.82 Å². The second kappa shape index (κ2) is 4.44. The molecule has 2 heterocycles. The topological polar surface area (TPSA) is 16.1 Å². The summed E-state index contributed by atoms with van der Waals surface area (Å²) in [7, 11) is 0. The van der Waals surface area contributed by atoms with Crippen molar-refractivity contribution >= 4 is 5.82 Å². The summed E-state index contributed by atoms with van der Waals surface area (Å²) in [6, 6.07) is 4.40. The molecule has 16 heavy (non-hydrogen) atoms. The Kier molecular flexibility index (Phi) is 3.17. The molecule has 1 aliphatic heterocycles. The highest BCUT2D eigenvalue weighted by Crippen LogP contribution is 2.22. The molecule has 88 valence electrons. The molecule has 0 unspecified atom stereocenters. The predicted molar refractivity (Wildman–Crippen MR) is 68.8 cm³/mol. The summed E-state index contributed by atoms with van der Waals surface area (Å²) in [6.45, 7) is 9.14. The monoisotopic (exact) mass is 218 g/mol. The van der Waals surface area contributed by atoms with Gasteiger partial charge in [0.15, 0.2) is 0 Å². The number of hydrogen-bond donors (Lipinski definition) is 0. The molecule has 2 rings (SSSR count). The highest BCUT2D eigenvalue weighted by atomic mass is 15.2. The standard InChI is InChI=1S/C14H22N2/c1-14(2,3)10-12-6-7-13(15-11-12)16-8-4-5-9-16/h6-7,11H,4-5,8-10H2,1-3H3. The van der Waals surface area contributed by atoms with E-state index in [2.05, 4.69) is 42.8 Å². The third kappa shape index (κ3) is 2.97. The van der Waals surface area contributed by atoms with Gasteiger partial charge >= 0.3 is 0 Å². The minimum atomic E-state index is 0.344. The molecule has 0 aromatic carbocycles. The van der Waals surface area contributed by atoms with Gasteiger partial charge in [0, 0.05) is 19.3 Å². The van der Waals surface area contributed by atoms with Crippen molar-refractivity contribution in [2.24, 2.45) is 5.41 Å². The van der Waals surface area contributed by atoms with Crippen molar-refractivity contribution in [3.8, 4) is 0 Å². The van der Waals surface area contributed by atoms with E-state index in [1.54, 1.807) is 0 Å². The Morgan fingerprint density at radius 2 is 1.88 bits per heavy atom. The number of aromatic nitrogens is 1. The zero-order valence-corrected chi connectivity index (χ0v) is 10.7. The molecular formula is C14H22N2. The highest BCUT2D eigenvalue weighted by molar-refractivity contribution is 5.40. The van der Waals surface area contributed by atoms with E-state index in [1.165, 1.54) is 31.5 Å². The maximum absolute atomic E-state index is 4.57. The molecule has 1 saturated heterocycles. The van der Waals surface area contributed by atoms with E-state index in [4.69, 9.17) is 0 Å². The third-order valence-corrected chi connectivity index (χ3v) is 2.97. The number of anilines is 1. The fourth-order valence-electron chi connectivity index (χ4n) is 2.27. The Bertz CT molecular complexity index is 329. The van der Waals surface area contributed by atoms with E-state index in [1.807, 2.05) is 6.20 Å². The highest BCUT2D eigenvalue weighted by Gasteiger charge is 2.14. The molecule has 0 bridgehead atoms. The van der Waals surface area contributed by atoms with Crippen LogP contribution in [0.3, 0.4) is 0 Å². The Hall–Kier alpha value is -1.05. The summed E-state index contributed by atoms with van der Waals surface area (Å²) in [6.07, 6.45) is 5.76. The molecule has 0 N–H and O–H groups in total. The number of rotatable bonds is 2. The van der Waals surface area contributed by atoms with Crippen LogP contribution in [0.2, 0.25) is 0 Å². The van der Waals surface area contributed by atoms with Crippen molar-refractivity contribution < 1.29 is 0 Å². The zero-order valence-electron chi connectivity index (χ0n) is 10.7. The smallest absolute Gasteiger partial charge is 0.128 e.